The lowest BCUT2D eigenvalue weighted by atomic mass is 10.0. The van der Waals surface area contributed by atoms with Crippen LogP contribution in [0.3, 0.4) is 0 Å². The zero-order valence-electron chi connectivity index (χ0n) is 12.0. The maximum absolute atomic E-state index is 10.0. The van der Waals surface area contributed by atoms with E-state index in [9.17, 15) is 5.11 Å². The van der Waals surface area contributed by atoms with Gasteiger partial charge in [-0.2, -0.15) is 0 Å². The number of aromatic hydroxyl groups is 1. The van der Waals surface area contributed by atoms with E-state index in [1.807, 2.05) is 31.2 Å². The van der Waals surface area contributed by atoms with Gasteiger partial charge in [0.15, 0.2) is 0 Å². The first-order valence-corrected chi connectivity index (χ1v) is 7.57. The van der Waals surface area contributed by atoms with Crippen LogP contribution in [0, 0.1) is 6.92 Å². The number of hydrogen-bond acceptors (Lipinski definition) is 2. The molecule has 0 heterocycles. The molecule has 3 heteroatoms. The summed E-state index contributed by atoms with van der Waals surface area (Å²) in [4.78, 5) is 0. The molecule has 0 spiro atoms. The number of hydrogen-bond donors (Lipinski definition) is 2. The van der Waals surface area contributed by atoms with Crippen LogP contribution in [0.4, 0.5) is 0 Å². The lowest BCUT2D eigenvalue weighted by molar-refractivity contribution is 0.438. The summed E-state index contributed by atoms with van der Waals surface area (Å²) in [5.41, 5.74) is 3.22. The van der Waals surface area contributed by atoms with Gasteiger partial charge in [0, 0.05) is 22.1 Å². The zero-order chi connectivity index (χ0) is 14.7. The highest BCUT2D eigenvalue weighted by atomic mass is 79.9. The Morgan fingerprint density at radius 1 is 1.05 bits per heavy atom. The Morgan fingerprint density at radius 2 is 1.80 bits per heavy atom. The quantitative estimate of drug-likeness (QED) is 0.836. The van der Waals surface area contributed by atoms with Crippen LogP contribution in [-0.2, 0) is 0 Å². The van der Waals surface area contributed by atoms with E-state index in [0.29, 0.717) is 5.75 Å². The highest BCUT2D eigenvalue weighted by Crippen LogP contribution is 2.27. The SMILES string of the molecule is Cc1ccc(C(C)NC(C)c2cccc(Br)c2)c(O)c1. The van der Waals surface area contributed by atoms with Crippen molar-refractivity contribution >= 4 is 15.9 Å². The van der Waals surface area contributed by atoms with E-state index in [0.717, 1.165) is 15.6 Å². The monoisotopic (exact) mass is 333 g/mol. The second-order valence-corrected chi connectivity index (χ2v) is 6.14. The first kappa shape index (κ1) is 15.1. The summed E-state index contributed by atoms with van der Waals surface area (Å²) < 4.78 is 1.08. The van der Waals surface area contributed by atoms with E-state index in [4.69, 9.17) is 0 Å². The summed E-state index contributed by atoms with van der Waals surface area (Å²) in [6, 6.07) is 14.4. The fourth-order valence-corrected chi connectivity index (χ4v) is 2.77. The molecule has 0 saturated carbocycles. The fourth-order valence-electron chi connectivity index (χ4n) is 2.36. The molecule has 0 fully saturated rings. The highest BCUT2D eigenvalue weighted by Gasteiger charge is 2.14. The highest BCUT2D eigenvalue weighted by molar-refractivity contribution is 9.10. The third-order valence-corrected chi connectivity index (χ3v) is 3.99. The van der Waals surface area contributed by atoms with Crippen molar-refractivity contribution in [3.8, 4) is 5.75 Å². The summed E-state index contributed by atoms with van der Waals surface area (Å²) in [7, 11) is 0. The van der Waals surface area contributed by atoms with Crippen molar-refractivity contribution in [2.75, 3.05) is 0 Å². The average molecular weight is 334 g/mol. The molecule has 2 nitrogen and oxygen atoms in total. The van der Waals surface area contributed by atoms with E-state index in [2.05, 4.69) is 47.2 Å². The molecule has 2 atom stereocenters. The minimum atomic E-state index is 0.0876. The first-order valence-electron chi connectivity index (χ1n) is 6.78. The van der Waals surface area contributed by atoms with Gasteiger partial charge in [-0.15, -0.1) is 0 Å². The topological polar surface area (TPSA) is 32.3 Å². The van der Waals surface area contributed by atoms with Gasteiger partial charge < -0.3 is 10.4 Å². The molecule has 0 bridgehead atoms. The van der Waals surface area contributed by atoms with Crippen molar-refractivity contribution in [3.63, 3.8) is 0 Å². The second-order valence-electron chi connectivity index (χ2n) is 5.23. The molecule has 106 valence electrons. The van der Waals surface area contributed by atoms with Gasteiger partial charge in [-0.05, 0) is 50.1 Å². The Bertz CT molecular complexity index is 597. The average Bonchev–Trinajstić information content (AvgIpc) is 2.38. The lowest BCUT2D eigenvalue weighted by Gasteiger charge is -2.22. The van der Waals surface area contributed by atoms with Gasteiger partial charge in [0.05, 0.1) is 0 Å². The first-order chi connectivity index (χ1) is 9.47. The van der Waals surface area contributed by atoms with E-state index >= 15 is 0 Å². The number of halogens is 1. The summed E-state index contributed by atoms with van der Waals surface area (Å²) in [5.74, 6) is 0.353. The summed E-state index contributed by atoms with van der Waals surface area (Å²) in [5, 5.41) is 13.6. The number of rotatable bonds is 4. The Kier molecular flexibility index (Phi) is 4.84. The molecule has 2 aromatic rings. The summed E-state index contributed by atoms with van der Waals surface area (Å²) in [6.07, 6.45) is 0. The minimum absolute atomic E-state index is 0.0876. The predicted molar refractivity (Wildman–Crippen MR) is 87.0 cm³/mol. The maximum atomic E-state index is 10.0. The number of phenolic OH excluding ortho intramolecular Hbond substituents is 1. The molecule has 2 unspecified atom stereocenters. The minimum Gasteiger partial charge on any atom is -0.508 e. The van der Waals surface area contributed by atoms with E-state index in [-0.39, 0.29) is 12.1 Å². The van der Waals surface area contributed by atoms with Crippen molar-refractivity contribution in [3.05, 3.63) is 63.6 Å². The summed E-state index contributed by atoms with van der Waals surface area (Å²) in [6.45, 7) is 6.17. The van der Waals surface area contributed by atoms with Crippen LogP contribution in [-0.4, -0.2) is 5.11 Å². The number of phenols is 1. The molecule has 20 heavy (non-hydrogen) atoms. The van der Waals surface area contributed by atoms with Crippen molar-refractivity contribution < 1.29 is 5.11 Å². The van der Waals surface area contributed by atoms with Gasteiger partial charge in [0.1, 0.15) is 5.75 Å². The number of benzene rings is 2. The van der Waals surface area contributed by atoms with Gasteiger partial charge in [0.2, 0.25) is 0 Å². The molecule has 0 saturated heterocycles. The Labute approximate surface area is 129 Å². The van der Waals surface area contributed by atoms with Gasteiger partial charge in [-0.1, -0.05) is 40.2 Å². The Balaban J connectivity index is 2.12. The molecule has 0 aromatic heterocycles. The van der Waals surface area contributed by atoms with Crippen LogP contribution in [0.15, 0.2) is 46.9 Å². The van der Waals surface area contributed by atoms with E-state index in [1.165, 1.54) is 5.56 Å². The molecular formula is C17H20BrNO. The van der Waals surface area contributed by atoms with Crippen LogP contribution in [0.5, 0.6) is 5.75 Å². The fraction of sp³-hybridized carbons (Fsp3) is 0.294. The lowest BCUT2D eigenvalue weighted by Crippen LogP contribution is -2.22. The van der Waals surface area contributed by atoms with Crippen molar-refractivity contribution in [1.29, 1.82) is 0 Å². The number of aryl methyl sites for hydroxylation is 1. The predicted octanol–water partition coefficient (Wildman–Crippen LogP) is 4.87. The van der Waals surface area contributed by atoms with Crippen molar-refractivity contribution in [2.45, 2.75) is 32.9 Å². The molecule has 0 aliphatic rings. The van der Waals surface area contributed by atoms with E-state index < -0.39 is 0 Å². The van der Waals surface area contributed by atoms with Crippen molar-refractivity contribution in [1.82, 2.24) is 5.32 Å². The summed E-state index contributed by atoms with van der Waals surface area (Å²) >= 11 is 3.49. The van der Waals surface area contributed by atoms with Crippen LogP contribution in [0.25, 0.3) is 0 Å². The Hall–Kier alpha value is -1.32. The van der Waals surface area contributed by atoms with Crippen molar-refractivity contribution in [2.24, 2.45) is 0 Å². The molecule has 2 aromatic carbocycles. The maximum Gasteiger partial charge on any atom is 0.120 e. The largest absolute Gasteiger partial charge is 0.508 e. The van der Waals surface area contributed by atoms with Crippen LogP contribution < -0.4 is 5.32 Å². The number of nitrogens with one attached hydrogen (secondary N) is 1. The zero-order valence-corrected chi connectivity index (χ0v) is 13.6. The van der Waals surface area contributed by atoms with E-state index in [1.54, 1.807) is 6.07 Å². The second kappa shape index (κ2) is 6.42. The van der Waals surface area contributed by atoms with Crippen LogP contribution in [0.1, 0.15) is 42.6 Å². The molecule has 2 rings (SSSR count). The van der Waals surface area contributed by atoms with Gasteiger partial charge in [-0.3, -0.25) is 0 Å². The van der Waals surface area contributed by atoms with Gasteiger partial charge in [0.25, 0.3) is 0 Å². The Morgan fingerprint density at radius 3 is 2.45 bits per heavy atom. The normalized spacial score (nSPS) is 14.0. The molecule has 0 aliphatic heterocycles. The van der Waals surface area contributed by atoms with Gasteiger partial charge in [-0.25, -0.2) is 0 Å². The molecule has 0 amide bonds. The molecule has 2 N–H and O–H groups in total. The van der Waals surface area contributed by atoms with Crippen LogP contribution >= 0.6 is 15.9 Å². The molecule has 0 aliphatic carbocycles. The molecule has 0 radical (unpaired) electrons. The van der Waals surface area contributed by atoms with Gasteiger partial charge >= 0.3 is 0 Å². The standard InChI is InChI=1S/C17H20BrNO/c1-11-7-8-16(17(20)9-11)13(3)19-12(2)14-5-4-6-15(18)10-14/h4-10,12-13,19-20H,1-3H3. The van der Waals surface area contributed by atoms with Crippen LogP contribution in [0.2, 0.25) is 0 Å². The smallest absolute Gasteiger partial charge is 0.120 e. The third kappa shape index (κ3) is 3.62. The molecular weight excluding hydrogens is 314 g/mol. The third-order valence-electron chi connectivity index (χ3n) is 3.50.